The van der Waals surface area contributed by atoms with E-state index in [1.807, 2.05) is 12.1 Å². The van der Waals surface area contributed by atoms with Gasteiger partial charge in [-0.2, -0.15) is 0 Å². The van der Waals surface area contributed by atoms with Crippen molar-refractivity contribution in [1.29, 1.82) is 0 Å². The van der Waals surface area contributed by atoms with Gasteiger partial charge in [-0.15, -0.1) is 0 Å². The summed E-state index contributed by atoms with van der Waals surface area (Å²) >= 11 is 0. The van der Waals surface area contributed by atoms with Crippen molar-refractivity contribution in [2.24, 2.45) is 5.92 Å². The van der Waals surface area contributed by atoms with Crippen molar-refractivity contribution >= 4 is 12.0 Å². The topological polar surface area (TPSA) is 50.8 Å². The van der Waals surface area contributed by atoms with E-state index in [9.17, 15) is 4.79 Å². The Morgan fingerprint density at radius 1 is 1.05 bits per heavy atom. The molecule has 1 aliphatic carbocycles. The number of piperidine rings is 1. The molecule has 2 aromatic carbocycles. The Morgan fingerprint density at radius 3 is 2.51 bits per heavy atom. The van der Waals surface area contributed by atoms with E-state index in [2.05, 4.69) is 67.4 Å². The highest BCUT2D eigenvalue weighted by molar-refractivity contribution is 5.99. The van der Waals surface area contributed by atoms with Crippen molar-refractivity contribution in [3.63, 3.8) is 0 Å². The summed E-state index contributed by atoms with van der Waals surface area (Å²) in [6, 6.07) is 15.2. The number of carbonyl (C=O) groups is 1. The molecule has 5 nitrogen and oxygen atoms in total. The Balaban J connectivity index is 1.09. The Kier molecular flexibility index (Phi) is 7.62. The van der Waals surface area contributed by atoms with Crippen molar-refractivity contribution in [2.45, 2.75) is 70.3 Å². The van der Waals surface area contributed by atoms with Crippen LogP contribution in [0.2, 0.25) is 0 Å². The fourth-order valence-electron chi connectivity index (χ4n) is 6.12. The zero-order valence-electron chi connectivity index (χ0n) is 22.9. The summed E-state index contributed by atoms with van der Waals surface area (Å²) in [5.74, 6) is 3.12. The number of ether oxygens (including phenoxy) is 2. The van der Waals surface area contributed by atoms with Gasteiger partial charge in [0.2, 0.25) is 0 Å². The van der Waals surface area contributed by atoms with Crippen LogP contribution in [0, 0.1) is 5.92 Å². The molecule has 2 heterocycles. The molecule has 0 aromatic heterocycles. The van der Waals surface area contributed by atoms with Gasteiger partial charge in [0.25, 0.3) is 5.91 Å². The van der Waals surface area contributed by atoms with E-state index in [1.54, 1.807) is 7.11 Å². The largest absolute Gasteiger partial charge is 0.497 e. The molecule has 1 amide bonds. The molecule has 5 heteroatoms. The van der Waals surface area contributed by atoms with Crippen LogP contribution in [0.25, 0.3) is 6.08 Å². The molecule has 2 aliphatic heterocycles. The van der Waals surface area contributed by atoms with Crippen molar-refractivity contribution in [3.05, 3.63) is 64.7 Å². The lowest BCUT2D eigenvalue weighted by Crippen LogP contribution is -2.38. The van der Waals surface area contributed by atoms with Gasteiger partial charge in [-0.05, 0) is 104 Å². The third-order valence-corrected chi connectivity index (χ3v) is 8.45. The van der Waals surface area contributed by atoms with E-state index >= 15 is 0 Å². The Labute approximate surface area is 222 Å². The van der Waals surface area contributed by atoms with Gasteiger partial charge in [-0.25, -0.2) is 0 Å². The third-order valence-electron chi connectivity index (χ3n) is 8.45. The van der Waals surface area contributed by atoms with E-state index < -0.39 is 0 Å². The number of likely N-dealkylation sites (tertiary alicyclic amines) is 1. The van der Waals surface area contributed by atoms with Crippen LogP contribution in [-0.2, 0) is 10.2 Å². The van der Waals surface area contributed by atoms with E-state index in [-0.39, 0.29) is 17.4 Å². The molecule has 1 N–H and O–H groups in total. The van der Waals surface area contributed by atoms with Crippen LogP contribution in [0.15, 0.2) is 48.0 Å². The minimum absolute atomic E-state index is 0.0257. The molecule has 0 unspecified atom stereocenters. The zero-order valence-corrected chi connectivity index (χ0v) is 22.9. The summed E-state index contributed by atoms with van der Waals surface area (Å²) in [6.45, 7) is 10.4. The maximum Gasteiger partial charge on any atom is 0.250 e. The van der Waals surface area contributed by atoms with E-state index in [0.717, 1.165) is 55.1 Å². The van der Waals surface area contributed by atoms with Crippen LogP contribution in [0.1, 0.15) is 75.5 Å². The van der Waals surface area contributed by atoms with Crippen LogP contribution in [0.5, 0.6) is 11.5 Å². The number of methoxy groups -OCH3 is 1. The quantitative estimate of drug-likeness (QED) is 0.532. The molecule has 2 atom stereocenters. The summed E-state index contributed by atoms with van der Waals surface area (Å²) in [5.41, 5.74) is 4.47. The highest BCUT2D eigenvalue weighted by Crippen LogP contribution is 2.34. The van der Waals surface area contributed by atoms with Crippen molar-refractivity contribution < 1.29 is 14.3 Å². The van der Waals surface area contributed by atoms with Crippen LogP contribution >= 0.6 is 0 Å². The average molecular weight is 503 g/mol. The van der Waals surface area contributed by atoms with Crippen LogP contribution in [0.3, 0.4) is 0 Å². The minimum Gasteiger partial charge on any atom is -0.497 e. The maximum absolute atomic E-state index is 13.1. The smallest absolute Gasteiger partial charge is 0.250 e. The number of benzene rings is 2. The SMILES string of the molecule is COc1ccc(C2CCN(C[C@H]3CC[C@@H](NC(=O)C4=Cc5cc(C(C)(C)C)ccc5OC4)C3)CC2)cc1. The summed E-state index contributed by atoms with van der Waals surface area (Å²) in [4.78, 5) is 15.7. The van der Waals surface area contributed by atoms with E-state index in [0.29, 0.717) is 18.4 Å². The lowest BCUT2D eigenvalue weighted by Gasteiger charge is -2.33. The number of amides is 1. The molecule has 2 aromatic rings. The average Bonchev–Trinajstić information content (AvgIpc) is 3.34. The first-order valence-corrected chi connectivity index (χ1v) is 13.9. The highest BCUT2D eigenvalue weighted by atomic mass is 16.5. The van der Waals surface area contributed by atoms with Crippen molar-refractivity contribution in [1.82, 2.24) is 10.2 Å². The number of nitrogens with zero attached hydrogens (tertiary/aromatic N) is 1. The minimum atomic E-state index is 0.0257. The molecule has 5 rings (SSSR count). The van der Waals surface area contributed by atoms with Crippen molar-refractivity contribution in [3.8, 4) is 11.5 Å². The van der Waals surface area contributed by atoms with Crippen molar-refractivity contribution in [2.75, 3.05) is 33.4 Å². The molecule has 198 valence electrons. The molecule has 37 heavy (non-hydrogen) atoms. The van der Waals surface area contributed by atoms with Gasteiger partial charge >= 0.3 is 0 Å². The lowest BCUT2D eigenvalue weighted by atomic mass is 9.85. The standard InChI is InChI=1S/C32H42N2O3/c1-32(2,3)27-8-12-30-25(19-27)18-26(21-37-30)31(35)33-28-9-5-22(17-28)20-34-15-13-24(14-16-34)23-6-10-29(36-4)11-7-23/h6-8,10-12,18-19,22,24,28H,5,9,13-17,20-21H2,1-4H3,(H,33,35)/t22-,28+/m0/s1. The zero-order chi connectivity index (χ0) is 26.0. The van der Waals surface area contributed by atoms with Gasteiger partial charge in [0, 0.05) is 18.2 Å². The number of nitrogens with one attached hydrogen (secondary N) is 1. The molecule has 0 bridgehead atoms. The summed E-state index contributed by atoms with van der Waals surface area (Å²) in [6.07, 6.45) is 7.78. The first-order chi connectivity index (χ1) is 17.8. The first kappa shape index (κ1) is 25.8. The summed E-state index contributed by atoms with van der Waals surface area (Å²) < 4.78 is 11.2. The van der Waals surface area contributed by atoms with Gasteiger partial charge < -0.3 is 19.7 Å². The molecule has 0 radical (unpaired) electrons. The van der Waals surface area contributed by atoms with Crippen LogP contribution in [-0.4, -0.2) is 50.2 Å². The van der Waals surface area contributed by atoms with Crippen LogP contribution < -0.4 is 14.8 Å². The molecular formula is C32H42N2O3. The van der Waals surface area contributed by atoms with Crippen LogP contribution in [0.4, 0.5) is 0 Å². The van der Waals surface area contributed by atoms with Gasteiger partial charge in [0.15, 0.2) is 0 Å². The summed E-state index contributed by atoms with van der Waals surface area (Å²) in [7, 11) is 1.72. The van der Waals surface area contributed by atoms with E-state index in [4.69, 9.17) is 9.47 Å². The number of carbonyl (C=O) groups excluding carboxylic acids is 1. The maximum atomic E-state index is 13.1. The third kappa shape index (κ3) is 6.20. The normalized spacial score (nSPS) is 22.6. The molecule has 3 aliphatic rings. The first-order valence-electron chi connectivity index (χ1n) is 13.9. The second-order valence-corrected chi connectivity index (χ2v) is 12.2. The fourth-order valence-corrected chi connectivity index (χ4v) is 6.12. The molecule has 1 saturated carbocycles. The van der Waals surface area contributed by atoms with E-state index in [1.165, 1.54) is 30.4 Å². The van der Waals surface area contributed by atoms with Gasteiger partial charge in [-0.1, -0.05) is 39.0 Å². The molecular weight excluding hydrogens is 460 g/mol. The Bertz CT molecular complexity index is 1120. The molecule has 1 saturated heterocycles. The van der Waals surface area contributed by atoms with Gasteiger partial charge in [-0.3, -0.25) is 4.79 Å². The lowest BCUT2D eigenvalue weighted by molar-refractivity contribution is -0.118. The predicted molar refractivity (Wildman–Crippen MR) is 149 cm³/mol. The van der Waals surface area contributed by atoms with Gasteiger partial charge in [0.1, 0.15) is 18.1 Å². The Morgan fingerprint density at radius 2 is 1.81 bits per heavy atom. The number of fused-ring (bicyclic) bond motifs is 1. The second kappa shape index (κ2) is 10.9. The predicted octanol–water partition coefficient (Wildman–Crippen LogP) is 5.93. The number of hydrogen-bond acceptors (Lipinski definition) is 4. The molecule has 2 fully saturated rings. The highest BCUT2D eigenvalue weighted by Gasteiger charge is 2.30. The van der Waals surface area contributed by atoms with Gasteiger partial charge in [0.05, 0.1) is 12.7 Å². The summed E-state index contributed by atoms with van der Waals surface area (Å²) in [5, 5.41) is 3.31. The number of rotatable bonds is 6. The second-order valence-electron chi connectivity index (χ2n) is 12.2. The number of hydrogen-bond donors (Lipinski definition) is 1. The molecule has 0 spiro atoms. The monoisotopic (exact) mass is 502 g/mol. The Hall–Kier alpha value is -2.79. The fraction of sp³-hybridized carbons (Fsp3) is 0.531.